The van der Waals surface area contributed by atoms with Crippen LogP contribution in [0.1, 0.15) is 25.8 Å². The summed E-state index contributed by atoms with van der Waals surface area (Å²) in [6, 6.07) is 15.9. The fourth-order valence-corrected chi connectivity index (χ4v) is 2.25. The molecule has 2 rings (SSSR count). The van der Waals surface area contributed by atoms with E-state index >= 15 is 0 Å². The van der Waals surface area contributed by atoms with Crippen LogP contribution in [0.4, 0.5) is 5.69 Å². The number of hydrogen-bond acceptors (Lipinski definition) is 3. The van der Waals surface area contributed by atoms with E-state index in [0.29, 0.717) is 23.2 Å². The number of nitrogens with one attached hydrogen (secondary N) is 1. The van der Waals surface area contributed by atoms with E-state index in [2.05, 4.69) is 19.2 Å². The number of carbonyl (C=O) groups excluding carboxylic acids is 1. The maximum absolute atomic E-state index is 12.2. The Kier molecular flexibility index (Phi) is 7.25. The van der Waals surface area contributed by atoms with Crippen LogP contribution in [0.3, 0.4) is 0 Å². The van der Waals surface area contributed by atoms with Crippen LogP contribution >= 0.6 is 11.6 Å². The van der Waals surface area contributed by atoms with Crippen LogP contribution in [0.5, 0.6) is 5.75 Å². The van der Waals surface area contributed by atoms with Gasteiger partial charge in [-0.1, -0.05) is 37.6 Å². The SMILES string of the molecule is CC(C)CCOc1ccc(/C=C(\C#N)C(=O)Nc2ccc(Cl)cc2)cc1. The van der Waals surface area contributed by atoms with Gasteiger partial charge in [0, 0.05) is 10.7 Å². The van der Waals surface area contributed by atoms with Crippen LogP contribution in [0.2, 0.25) is 5.02 Å². The third-order valence-electron chi connectivity index (χ3n) is 3.62. The van der Waals surface area contributed by atoms with E-state index < -0.39 is 5.91 Å². The van der Waals surface area contributed by atoms with Gasteiger partial charge in [-0.15, -0.1) is 0 Å². The normalized spacial score (nSPS) is 11.1. The number of nitriles is 1. The minimum atomic E-state index is -0.466. The maximum atomic E-state index is 12.2. The summed E-state index contributed by atoms with van der Waals surface area (Å²) in [6.45, 7) is 4.96. The molecule has 0 aromatic heterocycles. The van der Waals surface area contributed by atoms with Gasteiger partial charge in [0.05, 0.1) is 6.61 Å². The Morgan fingerprint density at radius 3 is 2.42 bits per heavy atom. The number of hydrogen-bond donors (Lipinski definition) is 1. The molecule has 0 saturated carbocycles. The molecular weight excluding hydrogens is 348 g/mol. The Labute approximate surface area is 159 Å². The van der Waals surface area contributed by atoms with Gasteiger partial charge in [-0.2, -0.15) is 5.26 Å². The van der Waals surface area contributed by atoms with E-state index in [1.165, 1.54) is 0 Å². The van der Waals surface area contributed by atoms with Crippen molar-refractivity contribution in [2.24, 2.45) is 5.92 Å². The van der Waals surface area contributed by atoms with E-state index in [0.717, 1.165) is 17.7 Å². The number of ether oxygens (including phenoxy) is 1. The summed E-state index contributed by atoms with van der Waals surface area (Å²) in [5.74, 6) is 0.897. The zero-order chi connectivity index (χ0) is 18.9. The molecular formula is C21H21ClN2O2. The van der Waals surface area contributed by atoms with Crippen LogP contribution in [-0.2, 0) is 4.79 Å². The molecule has 0 unspecified atom stereocenters. The fourth-order valence-electron chi connectivity index (χ4n) is 2.12. The Hall–Kier alpha value is -2.77. The molecule has 0 aliphatic heterocycles. The van der Waals surface area contributed by atoms with Gasteiger partial charge in [0.1, 0.15) is 17.4 Å². The van der Waals surface area contributed by atoms with Gasteiger partial charge in [-0.05, 0) is 60.4 Å². The van der Waals surface area contributed by atoms with E-state index in [1.807, 2.05) is 30.3 Å². The molecule has 1 amide bonds. The van der Waals surface area contributed by atoms with E-state index in [-0.39, 0.29) is 5.57 Å². The minimum absolute atomic E-state index is 0.0217. The molecule has 2 aromatic carbocycles. The van der Waals surface area contributed by atoms with Crippen LogP contribution in [0.25, 0.3) is 6.08 Å². The molecule has 0 saturated heterocycles. The predicted octanol–water partition coefficient (Wildman–Crippen LogP) is 5.31. The number of halogens is 1. The van der Waals surface area contributed by atoms with E-state index in [4.69, 9.17) is 16.3 Å². The molecule has 4 nitrogen and oxygen atoms in total. The smallest absolute Gasteiger partial charge is 0.266 e. The van der Waals surface area contributed by atoms with Crippen molar-refractivity contribution in [3.8, 4) is 11.8 Å². The molecule has 0 aliphatic carbocycles. The number of amides is 1. The Morgan fingerprint density at radius 1 is 1.19 bits per heavy atom. The van der Waals surface area contributed by atoms with E-state index in [9.17, 15) is 10.1 Å². The molecule has 0 atom stereocenters. The largest absolute Gasteiger partial charge is 0.494 e. The van der Waals surface area contributed by atoms with Crippen LogP contribution in [0.15, 0.2) is 54.1 Å². The van der Waals surface area contributed by atoms with Gasteiger partial charge in [-0.25, -0.2) is 0 Å². The van der Waals surface area contributed by atoms with Crippen molar-refractivity contribution in [1.82, 2.24) is 0 Å². The van der Waals surface area contributed by atoms with Crippen LogP contribution in [-0.4, -0.2) is 12.5 Å². The second kappa shape index (κ2) is 9.65. The van der Waals surface area contributed by atoms with E-state index in [1.54, 1.807) is 30.3 Å². The molecule has 2 aromatic rings. The number of anilines is 1. The first kappa shape index (κ1) is 19.6. The summed E-state index contributed by atoms with van der Waals surface area (Å²) in [5.41, 5.74) is 1.35. The fraction of sp³-hybridized carbons (Fsp3) is 0.238. The first-order chi connectivity index (χ1) is 12.5. The monoisotopic (exact) mass is 368 g/mol. The summed E-state index contributed by atoms with van der Waals surface area (Å²) in [6.07, 6.45) is 2.54. The lowest BCUT2D eigenvalue weighted by molar-refractivity contribution is -0.112. The zero-order valence-electron chi connectivity index (χ0n) is 14.8. The number of rotatable bonds is 7. The molecule has 26 heavy (non-hydrogen) atoms. The molecule has 0 fully saturated rings. The highest BCUT2D eigenvalue weighted by atomic mass is 35.5. The summed E-state index contributed by atoms with van der Waals surface area (Å²) in [4.78, 5) is 12.2. The van der Waals surface area contributed by atoms with Crippen LogP contribution in [0, 0.1) is 17.2 Å². The molecule has 1 N–H and O–H groups in total. The highest BCUT2D eigenvalue weighted by Gasteiger charge is 2.09. The topological polar surface area (TPSA) is 62.1 Å². The molecule has 0 aliphatic rings. The van der Waals surface area contributed by atoms with Crippen molar-refractivity contribution in [2.75, 3.05) is 11.9 Å². The second-order valence-corrected chi connectivity index (χ2v) is 6.67. The van der Waals surface area contributed by atoms with Crippen molar-refractivity contribution in [3.63, 3.8) is 0 Å². The Morgan fingerprint density at radius 2 is 1.85 bits per heavy atom. The highest BCUT2D eigenvalue weighted by molar-refractivity contribution is 6.30. The van der Waals surface area contributed by atoms with Gasteiger partial charge >= 0.3 is 0 Å². The maximum Gasteiger partial charge on any atom is 0.266 e. The molecule has 0 heterocycles. The third-order valence-corrected chi connectivity index (χ3v) is 3.87. The highest BCUT2D eigenvalue weighted by Crippen LogP contribution is 2.17. The summed E-state index contributed by atoms with van der Waals surface area (Å²) in [5, 5.41) is 12.5. The van der Waals surface area contributed by atoms with Crippen molar-refractivity contribution in [1.29, 1.82) is 5.26 Å². The molecule has 0 bridgehead atoms. The standard InChI is InChI=1S/C21H21ClN2O2/c1-15(2)11-12-26-20-9-3-16(4-10-20)13-17(14-23)21(25)24-19-7-5-18(22)6-8-19/h3-10,13,15H,11-12H2,1-2H3,(H,24,25)/b17-13+. The average Bonchev–Trinajstić information content (AvgIpc) is 2.62. The Bertz CT molecular complexity index is 803. The third kappa shape index (κ3) is 6.27. The quantitative estimate of drug-likeness (QED) is 0.532. The van der Waals surface area contributed by atoms with Gasteiger partial charge in [0.2, 0.25) is 0 Å². The van der Waals surface area contributed by atoms with Gasteiger partial charge in [-0.3, -0.25) is 4.79 Å². The summed E-state index contributed by atoms with van der Waals surface area (Å²) in [7, 11) is 0. The van der Waals surface area contributed by atoms with Crippen molar-refractivity contribution in [2.45, 2.75) is 20.3 Å². The van der Waals surface area contributed by atoms with Crippen molar-refractivity contribution >= 4 is 29.3 Å². The lowest BCUT2D eigenvalue weighted by atomic mass is 10.1. The number of nitrogens with zero attached hydrogens (tertiary/aromatic N) is 1. The predicted molar refractivity (Wildman–Crippen MR) is 105 cm³/mol. The zero-order valence-corrected chi connectivity index (χ0v) is 15.6. The summed E-state index contributed by atoms with van der Waals surface area (Å²) >= 11 is 5.82. The number of benzene rings is 2. The van der Waals surface area contributed by atoms with Gasteiger partial charge in [0.15, 0.2) is 0 Å². The van der Waals surface area contributed by atoms with Crippen molar-refractivity contribution in [3.05, 3.63) is 64.7 Å². The second-order valence-electron chi connectivity index (χ2n) is 6.23. The van der Waals surface area contributed by atoms with Crippen LogP contribution < -0.4 is 10.1 Å². The summed E-state index contributed by atoms with van der Waals surface area (Å²) < 4.78 is 5.66. The molecule has 5 heteroatoms. The lowest BCUT2D eigenvalue weighted by Crippen LogP contribution is -2.13. The Balaban J connectivity index is 2.02. The minimum Gasteiger partial charge on any atom is -0.494 e. The van der Waals surface area contributed by atoms with Gasteiger partial charge in [0.25, 0.3) is 5.91 Å². The molecule has 134 valence electrons. The first-order valence-corrected chi connectivity index (χ1v) is 8.77. The lowest BCUT2D eigenvalue weighted by Gasteiger charge is -2.08. The van der Waals surface area contributed by atoms with Crippen molar-refractivity contribution < 1.29 is 9.53 Å². The first-order valence-electron chi connectivity index (χ1n) is 8.39. The van der Waals surface area contributed by atoms with Gasteiger partial charge < -0.3 is 10.1 Å². The average molecular weight is 369 g/mol. The molecule has 0 radical (unpaired) electrons. The molecule has 0 spiro atoms. The number of carbonyl (C=O) groups is 1.